The molecule has 0 aliphatic carbocycles. The van der Waals surface area contributed by atoms with Crippen LogP contribution in [0.15, 0.2) is 83.8 Å². The third-order valence-corrected chi connectivity index (χ3v) is 5.72. The second-order valence-corrected chi connectivity index (χ2v) is 8.07. The Hall–Kier alpha value is -2.51. The first-order valence-electron chi connectivity index (χ1n) is 10.2. The highest BCUT2D eigenvalue weighted by Gasteiger charge is 2.20. The van der Waals surface area contributed by atoms with Crippen LogP contribution in [0.1, 0.15) is 30.5 Å². The number of benzene rings is 3. The van der Waals surface area contributed by atoms with E-state index in [-0.39, 0.29) is 12.1 Å². The Kier molecular flexibility index (Phi) is 7.26. The highest BCUT2D eigenvalue weighted by molar-refractivity contribution is 7.94. The Labute approximate surface area is 181 Å². The predicted octanol–water partition coefficient (Wildman–Crippen LogP) is 5.71. The molecular formula is C24H26N2O3S. The summed E-state index contributed by atoms with van der Waals surface area (Å²) < 4.78 is 11.4. The van der Waals surface area contributed by atoms with Crippen molar-refractivity contribution >= 4 is 17.7 Å². The third-order valence-electron chi connectivity index (χ3n) is 5.11. The van der Waals surface area contributed by atoms with Crippen LogP contribution in [-0.4, -0.2) is 12.6 Å². The van der Waals surface area contributed by atoms with Gasteiger partial charge in [0.2, 0.25) is 0 Å². The van der Waals surface area contributed by atoms with E-state index in [1.165, 1.54) is 11.1 Å². The molecule has 0 fully saturated rings. The zero-order chi connectivity index (χ0) is 20.6. The Morgan fingerprint density at radius 1 is 1.03 bits per heavy atom. The minimum Gasteiger partial charge on any atom is -0.489 e. The van der Waals surface area contributed by atoms with Gasteiger partial charge in [-0.2, -0.15) is 0 Å². The molecule has 0 aromatic heterocycles. The van der Waals surface area contributed by atoms with Gasteiger partial charge in [0.1, 0.15) is 11.9 Å². The summed E-state index contributed by atoms with van der Waals surface area (Å²) in [6, 6.07) is 26.5. The number of anilines is 1. The first-order valence-corrected chi connectivity index (χ1v) is 10.9. The molecule has 0 spiro atoms. The summed E-state index contributed by atoms with van der Waals surface area (Å²) >= 11 is 1.15. The van der Waals surface area contributed by atoms with Crippen molar-refractivity contribution in [1.82, 2.24) is 5.32 Å². The summed E-state index contributed by atoms with van der Waals surface area (Å²) in [4.78, 5) is 6.08. The molecule has 30 heavy (non-hydrogen) atoms. The summed E-state index contributed by atoms with van der Waals surface area (Å²) in [5.41, 5.74) is 6.10. The maximum atomic E-state index is 6.23. The normalized spacial score (nSPS) is 16.4. The first-order chi connectivity index (χ1) is 14.8. The molecule has 3 aromatic rings. The molecule has 1 aliphatic heterocycles. The molecule has 5 nitrogen and oxygen atoms in total. The molecule has 1 heterocycles. The van der Waals surface area contributed by atoms with Crippen LogP contribution in [0.2, 0.25) is 0 Å². The van der Waals surface area contributed by atoms with E-state index < -0.39 is 0 Å². The number of hydrogen-bond donors (Lipinski definition) is 2. The van der Waals surface area contributed by atoms with Crippen molar-refractivity contribution in [1.29, 1.82) is 0 Å². The topological polar surface area (TPSA) is 51.8 Å². The smallest absolute Gasteiger partial charge is 0.125 e. The second kappa shape index (κ2) is 10.5. The molecule has 1 aliphatic rings. The molecule has 2 atom stereocenters. The van der Waals surface area contributed by atoms with Gasteiger partial charge in [-0.1, -0.05) is 54.6 Å². The second-order valence-electron chi connectivity index (χ2n) is 7.29. The third kappa shape index (κ3) is 5.77. The molecule has 0 radical (unpaired) electrons. The van der Waals surface area contributed by atoms with E-state index >= 15 is 0 Å². The van der Waals surface area contributed by atoms with Crippen LogP contribution >= 0.6 is 12.0 Å². The molecule has 2 N–H and O–H groups in total. The maximum absolute atomic E-state index is 6.23. The van der Waals surface area contributed by atoms with Gasteiger partial charge in [0.25, 0.3) is 0 Å². The average Bonchev–Trinajstić information content (AvgIpc) is 2.81. The van der Waals surface area contributed by atoms with Gasteiger partial charge in [-0.3, -0.25) is 0 Å². The summed E-state index contributed by atoms with van der Waals surface area (Å²) in [5.74, 6) is 0.893. The number of nitrogens with one attached hydrogen (secondary N) is 2. The Morgan fingerprint density at radius 2 is 1.80 bits per heavy atom. The van der Waals surface area contributed by atoms with Gasteiger partial charge in [-0.15, -0.1) is 9.32 Å². The van der Waals surface area contributed by atoms with Gasteiger partial charge in [-0.25, -0.2) is 5.48 Å². The van der Waals surface area contributed by atoms with Crippen LogP contribution in [0.4, 0.5) is 5.69 Å². The lowest BCUT2D eigenvalue weighted by molar-refractivity contribution is -0.161. The van der Waals surface area contributed by atoms with Crippen molar-refractivity contribution in [3.8, 4) is 5.75 Å². The van der Waals surface area contributed by atoms with Gasteiger partial charge in [-0.05, 0) is 49.1 Å². The Morgan fingerprint density at radius 3 is 2.60 bits per heavy atom. The van der Waals surface area contributed by atoms with E-state index in [1.54, 1.807) is 0 Å². The Bertz CT molecular complexity index is 924. The van der Waals surface area contributed by atoms with Crippen LogP contribution in [0, 0.1) is 0 Å². The van der Waals surface area contributed by atoms with E-state index in [9.17, 15) is 0 Å². The molecule has 3 aromatic carbocycles. The lowest BCUT2D eigenvalue weighted by Gasteiger charge is -2.28. The molecule has 1 unspecified atom stereocenters. The molecule has 0 saturated carbocycles. The van der Waals surface area contributed by atoms with Crippen LogP contribution in [-0.2, 0) is 15.7 Å². The number of aryl methyl sites for hydroxylation is 1. The molecule has 156 valence electrons. The lowest BCUT2D eigenvalue weighted by atomic mass is 10.0. The van der Waals surface area contributed by atoms with Gasteiger partial charge >= 0.3 is 0 Å². The average molecular weight is 423 g/mol. The number of ether oxygens (including phenoxy) is 1. The highest BCUT2D eigenvalue weighted by Crippen LogP contribution is 2.31. The van der Waals surface area contributed by atoms with E-state index in [1.807, 2.05) is 48.5 Å². The van der Waals surface area contributed by atoms with Crippen molar-refractivity contribution in [2.24, 2.45) is 0 Å². The summed E-state index contributed by atoms with van der Waals surface area (Å²) in [7, 11) is 0. The molecular weight excluding hydrogens is 396 g/mol. The van der Waals surface area contributed by atoms with E-state index in [0.29, 0.717) is 0 Å². The maximum Gasteiger partial charge on any atom is 0.125 e. The fraction of sp³-hybridized carbons (Fsp3) is 0.250. The van der Waals surface area contributed by atoms with E-state index in [2.05, 4.69) is 48.1 Å². The van der Waals surface area contributed by atoms with Gasteiger partial charge in [0.05, 0.1) is 17.7 Å². The fourth-order valence-corrected chi connectivity index (χ4v) is 3.81. The molecule has 0 saturated heterocycles. The summed E-state index contributed by atoms with van der Waals surface area (Å²) in [5, 5.41) is 3.58. The lowest BCUT2D eigenvalue weighted by Crippen LogP contribution is -2.35. The minimum atomic E-state index is 0.143. The largest absolute Gasteiger partial charge is 0.489 e. The zero-order valence-electron chi connectivity index (χ0n) is 16.9. The van der Waals surface area contributed by atoms with Crippen molar-refractivity contribution < 1.29 is 14.1 Å². The Balaban J connectivity index is 1.25. The van der Waals surface area contributed by atoms with Crippen LogP contribution in [0.3, 0.4) is 0 Å². The monoisotopic (exact) mass is 422 g/mol. The standard InChI is InChI=1S/C24H26N2O3S/c1-18(19-8-4-2-5-9-19)25-17-22-15-13-20-12-14-21(16-24(20)27-22)26-28-29-30-23-10-6-3-7-11-23/h2-12,14,16,18,22,25-26H,13,15,17H2,1H3/t18-,22?/m0/s1. The van der Waals surface area contributed by atoms with Crippen LogP contribution in [0.5, 0.6) is 5.75 Å². The minimum absolute atomic E-state index is 0.143. The van der Waals surface area contributed by atoms with Gasteiger partial charge in [0.15, 0.2) is 0 Å². The van der Waals surface area contributed by atoms with Crippen molar-refractivity contribution in [3.05, 3.63) is 90.0 Å². The molecule has 0 bridgehead atoms. The highest BCUT2D eigenvalue weighted by atomic mass is 32.2. The molecule has 0 amide bonds. The van der Waals surface area contributed by atoms with E-state index in [0.717, 1.165) is 47.8 Å². The molecule has 6 heteroatoms. The van der Waals surface area contributed by atoms with Crippen molar-refractivity contribution in [3.63, 3.8) is 0 Å². The number of fused-ring (bicyclic) bond motifs is 1. The molecule has 4 rings (SSSR count). The predicted molar refractivity (Wildman–Crippen MR) is 120 cm³/mol. The van der Waals surface area contributed by atoms with Crippen LogP contribution < -0.4 is 15.5 Å². The van der Waals surface area contributed by atoms with Gasteiger partial charge in [0, 0.05) is 23.5 Å². The quantitative estimate of drug-likeness (QED) is 0.199. The van der Waals surface area contributed by atoms with Crippen molar-refractivity contribution in [2.45, 2.75) is 36.8 Å². The number of hydrogen-bond acceptors (Lipinski definition) is 6. The SMILES string of the molecule is C[C@H](NCC1CCc2ccc(NOOSc3ccccc3)cc2O1)c1ccccc1. The zero-order valence-corrected chi connectivity index (χ0v) is 17.7. The number of rotatable bonds is 9. The summed E-state index contributed by atoms with van der Waals surface area (Å²) in [6.45, 7) is 2.99. The summed E-state index contributed by atoms with van der Waals surface area (Å²) in [6.07, 6.45) is 2.15. The van der Waals surface area contributed by atoms with Crippen LogP contribution in [0.25, 0.3) is 0 Å². The first kappa shape index (κ1) is 20.8. The fourth-order valence-electron chi connectivity index (χ4n) is 3.40. The van der Waals surface area contributed by atoms with E-state index in [4.69, 9.17) is 14.1 Å². The van der Waals surface area contributed by atoms with Crippen molar-refractivity contribution in [2.75, 3.05) is 12.0 Å². The van der Waals surface area contributed by atoms with Gasteiger partial charge < -0.3 is 10.1 Å².